The van der Waals surface area contributed by atoms with Crippen LogP contribution in [0, 0.1) is 13.8 Å². The van der Waals surface area contributed by atoms with Crippen LogP contribution in [0.5, 0.6) is 0 Å². The Morgan fingerprint density at radius 1 is 1.50 bits per heavy atom. The molecule has 0 radical (unpaired) electrons. The Hall–Kier alpha value is -1.38. The number of thiazole rings is 1. The van der Waals surface area contributed by atoms with Crippen LogP contribution in [0.15, 0.2) is 16.0 Å². The molecule has 4 rings (SSSR count). The van der Waals surface area contributed by atoms with Crippen LogP contribution in [0.3, 0.4) is 0 Å². The Morgan fingerprint density at radius 2 is 2.33 bits per heavy atom. The number of thioether (sulfide) groups is 1. The van der Waals surface area contributed by atoms with Crippen LogP contribution >= 0.6 is 23.1 Å². The van der Waals surface area contributed by atoms with Gasteiger partial charge in [-0.05, 0) is 20.3 Å². The van der Waals surface area contributed by atoms with Crippen LogP contribution in [0.1, 0.15) is 33.4 Å². The summed E-state index contributed by atoms with van der Waals surface area (Å²) in [4.78, 5) is 18.6. The van der Waals surface area contributed by atoms with Gasteiger partial charge in [0.2, 0.25) is 0 Å². The first-order chi connectivity index (χ1) is 11.5. The molecule has 0 saturated carbocycles. The molecule has 2 aliphatic heterocycles. The van der Waals surface area contributed by atoms with E-state index in [0.29, 0.717) is 18.1 Å². The molecule has 128 valence electrons. The van der Waals surface area contributed by atoms with Crippen molar-refractivity contribution in [3.63, 3.8) is 0 Å². The zero-order valence-electron chi connectivity index (χ0n) is 13.7. The van der Waals surface area contributed by atoms with Gasteiger partial charge < -0.3 is 14.2 Å². The van der Waals surface area contributed by atoms with E-state index >= 15 is 0 Å². The van der Waals surface area contributed by atoms with Crippen LogP contribution in [0.25, 0.3) is 0 Å². The molecule has 1 spiro atoms. The number of carbonyl (C=O) groups is 1. The third kappa shape index (κ3) is 3.10. The summed E-state index contributed by atoms with van der Waals surface area (Å²) in [5, 5.41) is 6.93. The summed E-state index contributed by atoms with van der Waals surface area (Å²) in [7, 11) is 0. The van der Waals surface area contributed by atoms with E-state index in [1.807, 2.05) is 23.6 Å². The van der Waals surface area contributed by atoms with Gasteiger partial charge in [0.1, 0.15) is 5.76 Å². The second kappa shape index (κ2) is 6.16. The summed E-state index contributed by atoms with van der Waals surface area (Å²) in [5.41, 5.74) is 1.41. The van der Waals surface area contributed by atoms with Crippen molar-refractivity contribution in [2.75, 3.05) is 18.8 Å². The number of rotatable bonds is 4. The van der Waals surface area contributed by atoms with Crippen LogP contribution in [-0.2, 0) is 11.3 Å². The number of aryl methyl sites for hydroxylation is 2. The Balaban J connectivity index is 1.27. The van der Waals surface area contributed by atoms with Gasteiger partial charge in [-0.2, -0.15) is 0 Å². The monoisotopic (exact) mass is 365 g/mol. The van der Waals surface area contributed by atoms with Crippen molar-refractivity contribution in [1.82, 2.24) is 15.0 Å². The maximum atomic E-state index is 12.3. The van der Waals surface area contributed by atoms with Gasteiger partial charge in [-0.25, -0.2) is 4.98 Å². The van der Waals surface area contributed by atoms with E-state index in [0.717, 1.165) is 36.0 Å². The summed E-state index contributed by atoms with van der Waals surface area (Å²) in [6.45, 7) is 5.90. The second-order valence-electron chi connectivity index (χ2n) is 6.47. The van der Waals surface area contributed by atoms with E-state index in [4.69, 9.17) is 9.26 Å². The van der Waals surface area contributed by atoms with Gasteiger partial charge in [0.25, 0.3) is 5.91 Å². The zero-order chi connectivity index (χ0) is 16.7. The summed E-state index contributed by atoms with van der Waals surface area (Å²) in [5.74, 6) is 1.60. The largest absolute Gasteiger partial charge is 0.371 e. The highest BCUT2D eigenvalue weighted by Crippen LogP contribution is 2.46. The average Bonchev–Trinajstić information content (AvgIpc) is 3.22. The Kier molecular flexibility index (Phi) is 4.14. The molecule has 8 heteroatoms. The molecule has 2 saturated heterocycles. The van der Waals surface area contributed by atoms with Crippen molar-refractivity contribution >= 4 is 29.0 Å². The minimum atomic E-state index is -0.0413. The van der Waals surface area contributed by atoms with Crippen LogP contribution < -0.4 is 0 Å². The van der Waals surface area contributed by atoms with Crippen molar-refractivity contribution in [2.24, 2.45) is 0 Å². The van der Waals surface area contributed by atoms with Crippen LogP contribution in [0.4, 0.5) is 0 Å². The summed E-state index contributed by atoms with van der Waals surface area (Å²) in [6.07, 6.45) is 1.23. The van der Waals surface area contributed by atoms with Crippen LogP contribution in [0.2, 0.25) is 0 Å². The fraction of sp³-hybridized carbons (Fsp3) is 0.562. The smallest absolute Gasteiger partial charge is 0.276 e. The number of hydrogen-bond donors (Lipinski definition) is 0. The molecule has 0 N–H and O–H groups in total. The Bertz CT molecular complexity index is 751. The molecule has 4 heterocycles. The second-order valence-corrected chi connectivity index (χ2v) is 9.02. The Labute approximate surface area is 148 Å². The molecule has 1 amide bonds. The molecule has 0 bridgehead atoms. The quantitative estimate of drug-likeness (QED) is 0.830. The molecule has 0 aromatic carbocycles. The molecule has 2 aromatic rings. The summed E-state index contributed by atoms with van der Waals surface area (Å²) in [6, 6.07) is 1.69. The number of ether oxygens (including phenoxy) is 1. The lowest BCUT2D eigenvalue weighted by Crippen LogP contribution is -2.60. The summed E-state index contributed by atoms with van der Waals surface area (Å²) >= 11 is 3.57. The normalized spacial score (nSPS) is 22.1. The first-order valence-corrected chi connectivity index (χ1v) is 9.79. The van der Waals surface area contributed by atoms with Gasteiger partial charge in [0.15, 0.2) is 5.69 Å². The topological polar surface area (TPSA) is 68.5 Å². The Morgan fingerprint density at radius 3 is 3.00 bits per heavy atom. The van der Waals surface area contributed by atoms with Gasteiger partial charge >= 0.3 is 0 Å². The molecular weight excluding hydrogens is 346 g/mol. The zero-order valence-corrected chi connectivity index (χ0v) is 15.3. The molecule has 2 aliphatic rings. The van der Waals surface area contributed by atoms with E-state index < -0.39 is 0 Å². The predicted octanol–water partition coefficient (Wildman–Crippen LogP) is 2.66. The average molecular weight is 365 g/mol. The van der Waals surface area contributed by atoms with Gasteiger partial charge in [-0.1, -0.05) is 5.16 Å². The highest BCUT2D eigenvalue weighted by molar-refractivity contribution is 8.01. The molecule has 1 atom stereocenters. The van der Waals surface area contributed by atoms with Gasteiger partial charge in [0, 0.05) is 30.3 Å². The van der Waals surface area contributed by atoms with Crippen molar-refractivity contribution in [3.05, 3.63) is 33.6 Å². The van der Waals surface area contributed by atoms with Crippen molar-refractivity contribution in [2.45, 2.75) is 37.7 Å². The first-order valence-electron chi connectivity index (χ1n) is 7.92. The van der Waals surface area contributed by atoms with Crippen LogP contribution in [-0.4, -0.2) is 50.6 Å². The van der Waals surface area contributed by atoms with Crippen molar-refractivity contribution in [3.8, 4) is 0 Å². The summed E-state index contributed by atoms with van der Waals surface area (Å²) < 4.78 is 11.1. The lowest BCUT2D eigenvalue weighted by atomic mass is 9.92. The number of likely N-dealkylation sites (tertiary alicyclic amines) is 1. The molecular formula is C16H19N3O3S2. The van der Waals surface area contributed by atoms with E-state index in [2.05, 4.69) is 15.5 Å². The van der Waals surface area contributed by atoms with E-state index in [1.165, 1.54) is 0 Å². The number of amides is 1. The third-order valence-corrected chi connectivity index (χ3v) is 6.80. The van der Waals surface area contributed by atoms with Crippen molar-refractivity contribution in [1.29, 1.82) is 0 Å². The standard InChI is InChI=1S/C16H19N3O3S2/c1-10-3-14(18-22-10)15(20)19-8-16(9-19)4-13(7-24-16)21-5-12-6-23-11(2)17-12/h3,6,13H,4-5,7-9H2,1-2H3/t13-/m0/s1. The highest BCUT2D eigenvalue weighted by atomic mass is 32.2. The molecule has 2 aromatic heterocycles. The SMILES string of the molecule is Cc1cc(C(=O)N2CC3(C[C@H](OCc4csc(C)n4)CS3)C2)no1. The lowest BCUT2D eigenvalue weighted by Gasteiger charge is -2.47. The third-order valence-electron chi connectivity index (χ3n) is 4.40. The molecule has 0 aliphatic carbocycles. The van der Waals surface area contributed by atoms with Gasteiger partial charge in [-0.3, -0.25) is 4.79 Å². The minimum Gasteiger partial charge on any atom is -0.371 e. The first kappa shape index (κ1) is 16.1. The highest BCUT2D eigenvalue weighted by Gasteiger charge is 2.51. The number of carbonyl (C=O) groups excluding carboxylic acids is 1. The number of nitrogens with zero attached hydrogens (tertiary/aromatic N) is 3. The fourth-order valence-electron chi connectivity index (χ4n) is 3.23. The van der Waals surface area contributed by atoms with E-state index in [1.54, 1.807) is 24.3 Å². The molecule has 24 heavy (non-hydrogen) atoms. The van der Waals surface area contributed by atoms with Crippen molar-refractivity contribution < 1.29 is 14.1 Å². The predicted molar refractivity (Wildman–Crippen MR) is 92.4 cm³/mol. The van der Waals surface area contributed by atoms with E-state index in [9.17, 15) is 4.79 Å². The number of aromatic nitrogens is 2. The lowest BCUT2D eigenvalue weighted by molar-refractivity contribution is 0.0242. The van der Waals surface area contributed by atoms with Gasteiger partial charge in [0.05, 0.1) is 28.2 Å². The molecule has 6 nitrogen and oxygen atoms in total. The maximum Gasteiger partial charge on any atom is 0.276 e. The minimum absolute atomic E-state index is 0.0413. The molecule has 0 unspecified atom stereocenters. The van der Waals surface area contributed by atoms with E-state index in [-0.39, 0.29) is 16.8 Å². The fourth-order valence-corrected chi connectivity index (χ4v) is 5.38. The number of hydrogen-bond acceptors (Lipinski definition) is 7. The maximum absolute atomic E-state index is 12.3. The molecule has 2 fully saturated rings. The van der Waals surface area contributed by atoms with Gasteiger partial charge in [-0.15, -0.1) is 23.1 Å².